The maximum absolute atomic E-state index is 13.2. The molecule has 0 unspecified atom stereocenters. The van der Waals surface area contributed by atoms with Crippen molar-refractivity contribution in [2.75, 3.05) is 24.5 Å². The van der Waals surface area contributed by atoms with Gasteiger partial charge in [-0.05, 0) is 61.1 Å². The van der Waals surface area contributed by atoms with Crippen molar-refractivity contribution >= 4 is 15.7 Å². The first-order chi connectivity index (χ1) is 12.5. The van der Waals surface area contributed by atoms with Gasteiger partial charge in [0.25, 0.3) is 0 Å². The molecule has 1 saturated heterocycles. The summed E-state index contributed by atoms with van der Waals surface area (Å²) in [4.78, 5) is 2.40. The zero-order valence-electron chi connectivity index (χ0n) is 14.8. The van der Waals surface area contributed by atoms with E-state index in [1.54, 1.807) is 6.07 Å². The van der Waals surface area contributed by atoms with Crippen LogP contribution in [-0.2, 0) is 22.2 Å². The minimum absolute atomic E-state index is 0.210. The predicted octanol–water partition coefficient (Wildman–Crippen LogP) is 3.48. The quantitative estimate of drug-likeness (QED) is 0.805. The fraction of sp³-hybridized carbons (Fsp3) is 0.400. The molecule has 0 amide bonds. The van der Waals surface area contributed by atoms with Crippen molar-refractivity contribution in [2.24, 2.45) is 0 Å². The first-order valence-corrected chi connectivity index (χ1v) is 10.7. The Hall–Kier alpha value is -1.92. The van der Waals surface area contributed by atoms with E-state index in [1.807, 2.05) is 0 Å². The molecule has 2 aromatic rings. The normalized spacial score (nSPS) is 15.2. The average Bonchev–Trinajstić information content (AvgIpc) is 2.62. The van der Waals surface area contributed by atoms with Gasteiger partial charge in [-0.15, -0.1) is 0 Å². The van der Waals surface area contributed by atoms with Crippen LogP contribution in [0.4, 0.5) is 10.1 Å². The molecule has 2 aromatic carbocycles. The van der Waals surface area contributed by atoms with Gasteiger partial charge in [-0.25, -0.2) is 17.5 Å². The van der Waals surface area contributed by atoms with Crippen LogP contribution in [-0.4, -0.2) is 28.1 Å². The van der Waals surface area contributed by atoms with E-state index >= 15 is 0 Å². The number of halogens is 1. The summed E-state index contributed by atoms with van der Waals surface area (Å²) in [5.41, 5.74) is 2.78. The molecule has 26 heavy (non-hydrogen) atoms. The van der Waals surface area contributed by atoms with Crippen molar-refractivity contribution < 1.29 is 12.8 Å². The number of benzene rings is 2. The second kappa shape index (κ2) is 8.64. The Bertz CT molecular complexity index is 816. The maximum Gasteiger partial charge on any atom is 0.215 e. The molecule has 0 aromatic heterocycles. The van der Waals surface area contributed by atoms with Crippen molar-refractivity contribution in [3.8, 4) is 0 Å². The second-order valence-electron chi connectivity index (χ2n) is 6.75. The number of nitrogens with one attached hydrogen (secondary N) is 1. The molecular weight excluding hydrogens is 351 g/mol. The van der Waals surface area contributed by atoms with E-state index in [0.717, 1.165) is 18.7 Å². The van der Waals surface area contributed by atoms with E-state index in [4.69, 9.17) is 0 Å². The third kappa shape index (κ3) is 5.54. The number of rotatable bonds is 7. The third-order valence-corrected chi connectivity index (χ3v) is 6.00. The van der Waals surface area contributed by atoms with Gasteiger partial charge in [0, 0.05) is 25.3 Å². The number of sulfonamides is 1. The maximum atomic E-state index is 13.2. The van der Waals surface area contributed by atoms with Gasteiger partial charge in [0.2, 0.25) is 10.0 Å². The van der Waals surface area contributed by atoms with Crippen LogP contribution in [0.2, 0.25) is 0 Å². The Morgan fingerprint density at radius 3 is 2.38 bits per heavy atom. The van der Waals surface area contributed by atoms with Crippen LogP contribution in [0.15, 0.2) is 48.5 Å². The van der Waals surface area contributed by atoms with Crippen LogP contribution in [0.1, 0.15) is 30.4 Å². The molecule has 140 valence electrons. The lowest BCUT2D eigenvalue weighted by Gasteiger charge is -2.28. The van der Waals surface area contributed by atoms with E-state index in [0.29, 0.717) is 18.5 Å². The van der Waals surface area contributed by atoms with Crippen molar-refractivity contribution in [1.29, 1.82) is 0 Å². The number of nitrogens with zero attached hydrogens (tertiary/aromatic N) is 1. The third-order valence-electron chi connectivity index (χ3n) is 4.64. The number of hydrogen-bond donors (Lipinski definition) is 1. The smallest absolute Gasteiger partial charge is 0.215 e. The second-order valence-corrected chi connectivity index (χ2v) is 8.55. The van der Waals surface area contributed by atoms with Crippen LogP contribution in [0.25, 0.3) is 0 Å². The Morgan fingerprint density at radius 1 is 0.962 bits per heavy atom. The van der Waals surface area contributed by atoms with E-state index in [1.165, 1.54) is 43.1 Å². The van der Waals surface area contributed by atoms with E-state index < -0.39 is 15.8 Å². The van der Waals surface area contributed by atoms with Gasteiger partial charge < -0.3 is 4.90 Å². The molecule has 1 heterocycles. The lowest BCUT2D eigenvalue weighted by atomic mass is 10.1. The van der Waals surface area contributed by atoms with Crippen LogP contribution in [0, 0.1) is 5.82 Å². The highest BCUT2D eigenvalue weighted by molar-refractivity contribution is 7.88. The minimum atomic E-state index is -3.47. The molecule has 3 rings (SSSR count). The molecule has 4 nitrogen and oxygen atoms in total. The van der Waals surface area contributed by atoms with Gasteiger partial charge in [-0.3, -0.25) is 0 Å². The zero-order valence-corrected chi connectivity index (χ0v) is 15.6. The summed E-state index contributed by atoms with van der Waals surface area (Å²) in [6.07, 6.45) is 4.43. The standard InChI is InChI=1S/C20H25FN2O2S/c21-19-6-4-5-18(15-19)16-26(24,25)22-12-11-17-7-9-20(10-8-17)23-13-2-1-3-14-23/h4-10,15,22H,1-3,11-14,16H2. The first-order valence-electron chi connectivity index (χ1n) is 9.07. The van der Waals surface area contributed by atoms with Crippen molar-refractivity contribution in [3.05, 3.63) is 65.5 Å². The molecule has 1 aliphatic heterocycles. The average molecular weight is 376 g/mol. The van der Waals surface area contributed by atoms with Crippen molar-refractivity contribution in [3.63, 3.8) is 0 Å². The summed E-state index contributed by atoms with van der Waals surface area (Å²) >= 11 is 0. The van der Waals surface area contributed by atoms with Gasteiger partial charge in [0.15, 0.2) is 0 Å². The molecule has 6 heteroatoms. The largest absolute Gasteiger partial charge is 0.372 e. The van der Waals surface area contributed by atoms with Gasteiger partial charge in [-0.2, -0.15) is 0 Å². The predicted molar refractivity (Wildman–Crippen MR) is 103 cm³/mol. The summed E-state index contributed by atoms with van der Waals surface area (Å²) < 4.78 is 40.0. The van der Waals surface area contributed by atoms with Crippen molar-refractivity contribution in [2.45, 2.75) is 31.4 Å². The Labute approximate surface area is 155 Å². The Balaban J connectivity index is 1.49. The molecule has 0 atom stereocenters. The van der Waals surface area contributed by atoms with Crippen molar-refractivity contribution in [1.82, 2.24) is 4.72 Å². The lowest BCUT2D eigenvalue weighted by Crippen LogP contribution is -2.29. The summed E-state index contributed by atoms with van der Waals surface area (Å²) in [7, 11) is -3.47. The van der Waals surface area contributed by atoms with Gasteiger partial charge >= 0.3 is 0 Å². The molecule has 1 fully saturated rings. The summed E-state index contributed by atoms with van der Waals surface area (Å²) in [5.74, 6) is -0.634. The van der Waals surface area contributed by atoms with Crippen LogP contribution in [0.5, 0.6) is 0 Å². The molecule has 0 aliphatic carbocycles. The minimum Gasteiger partial charge on any atom is -0.372 e. The van der Waals surface area contributed by atoms with Crippen LogP contribution >= 0.6 is 0 Å². The topological polar surface area (TPSA) is 49.4 Å². The SMILES string of the molecule is O=S(=O)(Cc1cccc(F)c1)NCCc1ccc(N2CCCCC2)cc1. The molecule has 0 radical (unpaired) electrons. The monoisotopic (exact) mass is 376 g/mol. The number of anilines is 1. The lowest BCUT2D eigenvalue weighted by molar-refractivity contribution is 0.577. The highest BCUT2D eigenvalue weighted by Crippen LogP contribution is 2.20. The number of piperidine rings is 1. The van der Waals surface area contributed by atoms with Crippen LogP contribution < -0.4 is 9.62 Å². The fourth-order valence-corrected chi connectivity index (χ4v) is 4.41. The first kappa shape index (κ1) is 18.9. The molecule has 0 saturated carbocycles. The summed E-state index contributed by atoms with van der Waals surface area (Å²) in [6, 6.07) is 14.0. The summed E-state index contributed by atoms with van der Waals surface area (Å²) in [5, 5.41) is 0. The van der Waals surface area contributed by atoms with Crippen LogP contribution in [0.3, 0.4) is 0 Å². The number of hydrogen-bond acceptors (Lipinski definition) is 3. The molecule has 0 spiro atoms. The Morgan fingerprint density at radius 2 is 1.69 bits per heavy atom. The molecule has 0 bridgehead atoms. The van der Waals surface area contributed by atoms with E-state index in [9.17, 15) is 12.8 Å². The Kier molecular flexibility index (Phi) is 6.27. The van der Waals surface area contributed by atoms with E-state index in [-0.39, 0.29) is 5.75 Å². The summed E-state index contributed by atoms with van der Waals surface area (Å²) in [6.45, 7) is 2.55. The van der Waals surface area contributed by atoms with Gasteiger partial charge in [0.1, 0.15) is 5.82 Å². The van der Waals surface area contributed by atoms with Gasteiger partial charge in [-0.1, -0.05) is 24.3 Å². The molecule has 1 aliphatic rings. The zero-order chi connectivity index (χ0) is 18.4. The molecule has 1 N–H and O–H groups in total. The van der Waals surface area contributed by atoms with E-state index in [2.05, 4.69) is 33.9 Å². The highest BCUT2D eigenvalue weighted by Gasteiger charge is 2.12. The molecular formula is C20H25FN2O2S. The van der Waals surface area contributed by atoms with Gasteiger partial charge in [0.05, 0.1) is 5.75 Å². The fourth-order valence-electron chi connectivity index (χ4n) is 3.27. The highest BCUT2D eigenvalue weighted by atomic mass is 32.2.